The number of nitrogens with one attached hydrogen (secondary N) is 2. The zero-order valence-electron chi connectivity index (χ0n) is 26.2. The van der Waals surface area contributed by atoms with E-state index in [1.807, 2.05) is 102 Å². The maximum absolute atomic E-state index is 12.6. The molecule has 0 bridgehead atoms. The molecule has 0 fully saturated rings. The number of nitrogens with zero attached hydrogens (tertiary/aromatic N) is 4. The van der Waals surface area contributed by atoms with Crippen LogP contribution in [-0.2, 0) is 22.5 Å². The van der Waals surface area contributed by atoms with E-state index in [0.29, 0.717) is 18.2 Å². The Morgan fingerprint density at radius 2 is 1.30 bits per heavy atom. The Kier molecular flexibility index (Phi) is 14.3. The molecule has 2 heterocycles. The molecule has 0 saturated carbocycles. The maximum atomic E-state index is 12.6. The number of aromatic nitrogens is 2. The Morgan fingerprint density at radius 3 is 1.74 bits per heavy atom. The van der Waals surface area contributed by atoms with Crippen LogP contribution in [0.3, 0.4) is 0 Å². The van der Waals surface area contributed by atoms with Gasteiger partial charge in [0.05, 0.1) is 22.5 Å². The van der Waals surface area contributed by atoms with Gasteiger partial charge in [-0.25, -0.2) is 19.7 Å². The number of hydroxylamine groups is 4. The third kappa shape index (κ3) is 11.4. The second-order valence-corrected chi connectivity index (χ2v) is 12.2. The third-order valence-corrected chi connectivity index (χ3v) is 7.78. The van der Waals surface area contributed by atoms with Crippen LogP contribution < -0.4 is 10.6 Å². The summed E-state index contributed by atoms with van der Waals surface area (Å²) in [6.07, 6.45) is 7.47. The molecule has 0 unspecified atom stereocenters. The molecule has 12 heteroatoms. The van der Waals surface area contributed by atoms with Gasteiger partial charge < -0.3 is 10.6 Å². The zero-order chi connectivity index (χ0) is 32.0. The summed E-state index contributed by atoms with van der Waals surface area (Å²) >= 11 is 3.26. The number of benzene rings is 1. The van der Waals surface area contributed by atoms with Crippen molar-refractivity contribution in [3.05, 3.63) is 83.9 Å². The first-order valence-corrected chi connectivity index (χ1v) is 16.4. The van der Waals surface area contributed by atoms with E-state index in [1.54, 1.807) is 42.8 Å². The normalized spacial score (nSPS) is 11.2. The van der Waals surface area contributed by atoms with Crippen molar-refractivity contribution in [2.45, 2.75) is 69.0 Å². The fourth-order valence-corrected chi connectivity index (χ4v) is 4.57. The minimum absolute atomic E-state index is 0.236. The summed E-state index contributed by atoms with van der Waals surface area (Å²) in [6.45, 7) is 12.2. The van der Waals surface area contributed by atoms with Crippen LogP contribution >= 0.6 is 23.5 Å². The van der Waals surface area contributed by atoms with E-state index in [-0.39, 0.29) is 12.6 Å². The van der Waals surface area contributed by atoms with E-state index in [9.17, 15) is 14.8 Å². The van der Waals surface area contributed by atoms with Crippen LogP contribution in [0.15, 0.2) is 76.8 Å². The lowest BCUT2D eigenvalue weighted by atomic mass is 10.0. The topological polar surface area (TPSA) is 120 Å². The van der Waals surface area contributed by atoms with Gasteiger partial charge in [-0.2, -0.15) is 0 Å². The Morgan fingerprint density at radius 1 is 0.814 bits per heavy atom. The predicted octanol–water partition coefficient (Wildman–Crippen LogP) is 6.66. The third-order valence-electron chi connectivity index (χ3n) is 6.33. The smallest absolute Gasteiger partial charge is 0.326 e. The predicted molar refractivity (Wildman–Crippen MR) is 173 cm³/mol. The molecule has 2 aromatic heterocycles. The van der Waals surface area contributed by atoms with Crippen molar-refractivity contribution in [1.29, 1.82) is 0 Å². The lowest BCUT2D eigenvalue weighted by Gasteiger charge is -2.29. The minimum atomic E-state index is -0.640. The SMILES string of the molecule is CCN(O)C(=O)NC(C)(C)c1cc(SC)ccn1.CCN(OCc1ccccc1)C(=O)NC(C)(C)c1cc(SC)ccn1. The lowest BCUT2D eigenvalue weighted by Crippen LogP contribution is -2.48. The molecule has 0 aliphatic carbocycles. The van der Waals surface area contributed by atoms with Gasteiger partial charge in [0.25, 0.3) is 0 Å². The molecule has 0 aliphatic rings. The Hall–Kier alpha value is -3.32. The van der Waals surface area contributed by atoms with Crippen molar-refractivity contribution in [3.8, 4) is 0 Å². The molecule has 234 valence electrons. The number of hydrogen-bond donors (Lipinski definition) is 3. The van der Waals surface area contributed by atoms with Crippen molar-refractivity contribution < 1.29 is 19.6 Å². The Bertz CT molecular complexity index is 1310. The van der Waals surface area contributed by atoms with Gasteiger partial charge in [-0.15, -0.1) is 23.5 Å². The summed E-state index contributed by atoms with van der Waals surface area (Å²) in [4.78, 5) is 40.8. The fourth-order valence-electron chi connectivity index (χ4n) is 3.71. The summed E-state index contributed by atoms with van der Waals surface area (Å²) in [6, 6.07) is 16.8. The lowest BCUT2D eigenvalue weighted by molar-refractivity contribution is -0.126. The zero-order valence-corrected chi connectivity index (χ0v) is 27.9. The molecule has 1 aromatic carbocycles. The van der Waals surface area contributed by atoms with E-state index in [0.717, 1.165) is 26.7 Å². The van der Waals surface area contributed by atoms with Gasteiger partial charge in [0.1, 0.15) is 6.61 Å². The Balaban J connectivity index is 0.000000317. The van der Waals surface area contributed by atoms with E-state index in [2.05, 4.69) is 20.6 Å². The summed E-state index contributed by atoms with van der Waals surface area (Å²) in [5.41, 5.74) is 1.34. The first-order chi connectivity index (χ1) is 20.4. The number of pyridine rings is 2. The molecule has 0 radical (unpaired) electrons. The molecule has 4 amide bonds. The van der Waals surface area contributed by atoms with Crippen LogP contribution in [0.2, 0.25) is 0 Å². The molecule has 0 saturated heterocycles. The van der Waals surface area contributed by atoms with Crippen LogP contribution in [-0.4, -0.2) is 63.0 Å². The van der Waals surface area contributed by atoms with E-state index >= 15 is 0 Å². The molecule has 0 atom stereocenters. The van der Waals surface area contributed by atoms with Gasteiger partial charge in [-0.05, 0) is 83.9 Å². The summed E-state index contributed by atoms with van der Waals surface area (Å²) < 4.78 is 0. The molecule has 43 heavy (non-hydrogen) atoms. The maximum Gasteiger partial charge on any atom is 0.342 e. The molecule has 3 rings (SSSR count). The highest BCUT2D eigenvalue weighted by Gasteiger charge is 2.28. The van der Waals surface area contributed by atoms with Gasteiger partial charge in [-0.3, -0.25) is 20.0 Å². The summed E-state index contributed by atoms with van der Waals surface area (Å²) in [5.74, 6) is 0. The van der Waals surface area contributed by atoms with Gasteiger partial charge in [0, 0.05) is 35.3 Å². The molecular formula is C31H44N6O4S2. The monoisotopic (exact) mass is 628 g/mol. The highest BCUT2D eigenvalue weighted by atomic mass is 32.2. The molecule has 3 aromatic rings. The fraction of sp³-hybridized carbons (Fsp3) is 0.419. The van der Waals surface area contributed by atoms with Gasteiger partial charge in [-0.1, -0.05) is 30.3 Å². The van der Waals surface area contributed by atoms with E-state index < -0.39 is 17.1 Å². The second-order valence-electron chi connectivity index (χ2n) is 10.4. The van der Waals surface area contributed by atoms with Crippen molar-refractivity contribution in [3.63, 3.8) is 0 Å². The van der Waals surface area contributed by atoms with E-state index in [4.69, 9.17) is 4.84 Å². The quantitative estimate of drug-likeness (QED) is 0.123. The van der Waals surface area contributed by atoms with Crippen LogP contribution in [0.1, 0.15) is 58.5 Å². The molecule has 3 N–H and O–H groups in total. The van der Waals surface area contributed by atoms with Gasteiger partial charge >= 0.3 is 12.1 Å². The van der Waals surface area contributed by atoms with Crippen molar-refractivity contribution in [2.24, 2.45) is 0 Å². The average Bonchev–Trinajstić information content (AvgIpc) is 3.01. The first-order valence-electron chi connectivity index (χ1n) is 13.9. The highest BCUT2D eigenvalue weighted by Crippen LogP contribution is 2.24. The second kappa shape index (κ2) is 17.1. The minimum Gasteiger partial charge on any atom is -0.326 e. The highest BCUT2D eigenvalue weighted by molar-refractivity contribution is 7.98. The number of carbonyl (C=O) groups is 2. The first kappa shape index (κ1) is 35.9. The van der Waals surface area contributed by atoms with Gasteiger partial charge in [0.2, 0.25) is 0 Å². The van der Waals surface area contributed by atoms with Crippen LogP contribution in [0.25, 0.3) is 0 Å². The number of urea groups is 2. The summed E-state index contributed by atoms with van der Waals surface area (Å²) in [7, 11) is 0. The van der Waals surface area contributed by atoms with E-state index in [1.165, 1.54) is 5.06 Å². The number of thioether (sulfide) groups is 2. The molecular weight excluding hydrogens is 585 g/mol. The largest absolute Gasteiger partial charge is 0.342 e. The number of carbonyl (C=O) groups excluding carboxylic acids is 2. The van der Waals surface area contributed by atoms with Crippen molar-refractivity contribution >= 4 is 35.6 Å². The van der Waals surface area contributed by atoms with Crippen LogP contribution in [0, 0.1) is 0 Å². The number of rotatable bonds is 11. The summed E-state index contributed by atoms with van der Waals surface area (Å²) in [5, 5.41) is 17.1. The Labute approximate surface area is 263 Å². The van der Waals surface area contributed by atoms with Crippen LogP contribution in [0.5, 0.6) is 0 Å². The number of amides is 4. The molecule has 0 aliphatic heterocycles. The number of hydrogen-bond acceptors (Lipinski definition) is 8. The average molecular weight is 629 g/mol. The molecule has 10 nitrogen and oxygen atoms in total. The van der Waals surface area contributed by atoms with Crippen molar-refractivity contribution in [2.75, 3.05) is 25.6 Å². The van der Waals surface area contributed by atoms with Crippen LogP contribution in [0.4, 0.5) is 9.59 Å². The van der Waals surface area contributed by atoms with Gasteiger partial charge in [0.15, 0.2) is 0 Å². The van der Waals surface area contributed by atoms with Crippen molar-refractivity contribution in [1.82, 2.24) is 30.7 Å². The molecule has 0 spiro atoms. The standard InChI is InChI=1S/C19H25N3O2S.C12H19N3O2S/c1-5-22(24-14-15-9-7-6-8-10-15)18(23)21-19(2,3)17-13-16(25-4)11-12-20-17;1-5-15(17)11(16)14-12(2,3)10-8-9(18-4)6-7-13-10/h6-13H,5,14H2,1-4H3,(H,21,23);6-8,17H,5H2,1-4H3,(H,14,16).